The van der Waals surface area contributed by atoms with Crippen LogP contribution in [0, 0.1) is 11.8 Å². The molecule has 0 bridgehead atoms. The van der Waals surface area contributed by atoms with Crippen molar-refractivity contribution in [1.29, 1.82) is 0 Å². The highest BCUT2D eigenvalue weighted by atomic mass is 32.2. The highest BCUT2D eigenvalue weighted by molar-refractivity contribution is 7.90. The molecule has 1 rings (SSSR count). The molecule has 2 unspecified atom stereocenters. The Morgan fingerprint density at radius 2 is 2.00 bits per heavy atom. The van der Waals surface area contributed by atoms with E-state index >= 15 is 0 Å². The fraction of sp³-hybridized carbons (Fsp3) is 1.00. The van der Waals surface area contributed by atoms with Gasteiger partial charge in [0.1, 0.15) is 9.84 Å². The average Bonchev–Trinajstić information content (AvgIpc) is 2.34. The summed E-state index contributed by atoms with van der Waals surface area (Å²) in [7, 11) is -0.873. The van der Waals surface area contributed by atoms with Crippen LogP contribution >= 0.6 is 0 Å². The number of hydrogen-bond donors (Lipinski definition) is 1. The summed E-state index contributed by atoms with van der Waals surface area (Å²) in [5.41, 5.74) is 6.10. The normalized spacial score (nSPS) is 29.1. The SMILES string of the molecule is CC(C)C1CCCCC1(CN)N(C)CCS(C)(=O)=O. The monoisotopic (exact) mass is 290 g/mol. The molecule has 5 heteroatoms. The van der Waals surface area contributed by atoms with E-state index in [9.17, 15) is 8.42 Å². The molecule has 2 atom stereocenters. The van der Waals surface area contributed by atoms with E-state index in [4.69, 9.17) is 5.73 Å². The van der Waals surface area contributed by atoms with Crippen molar-refractivity contribution in [2.75, 3.05) is 32.1 Å². The lowest BCUT2D eigenvalue weighted by molar-refractivity contribution is 0.00716. The molecular weight excluding hydrogens is 260 g/mol. The van der Waals surface area contributed by atoms with Gasteiger partial charge in [0.2, 0.25) is 0 Å². The van der Waals surface area contributed by atoms with Gasteiger partial charge in [-0.1, -0.05) is 26.7 Å². The third-order valence-corrected chi connectivity index (χ3v) is 5.71. The Bertz CT molecular complexity index is 381. The molecule has 0 amide bonds. The minimum absolute atomic E-state index is 0.0168. The zero-order chi connectivity index (χ0) is 14.7. The summed E-state index contributed by atoms with van der Waals surface area (Å²) in [6.45, 7) is 5.71. The van der Waals surface area contributed by atoms with Crippen molar-refractivity contribution in [3.8, 4) is 0 Å². The maximum absolute atomic E-state index is 11.4. The number of hydrogen-bond acceptors (Lipinski definition) is 4. The first kappa shape index (κ1) is 16.9. The lowest BCUT2D eigenvalue weighted by atomic mass is 9.67. The first-order chi connectivity index (χ1) is 8.73. The van der Waals surface area contributed by atoms with Crippen LogP contribution in [0.4, 0.5) is 0 Å². The van der Waals surface area contributed by atoms with Crippen LogP contribution in [0.3, 0.4) is 0 Å². The van der Waals surface area contributed by atoms with Crippen LogP contribution in [0.25, 0.3) is 0 Å². The summed E-state index contributed by atoms with van der Waals surface area (Å²) in [6, 6.07) is 0. The van der Waals surface area contributed by atoms with Crippen molar-refractivity contribution >= 4 is 9.84 Å². The summed E-state index contributed by atoms with van der Waals surface area (Å²) in [5.74, 6) is 1.37. The maximum Gasteiger partial charge on any atom is 0.148 e. The van der Waals surface area contributed by atoms with Gasteiger partial charge in [-0.05, 0) is 31.7 Å². The second-order valence-corrected chi connectivity index (χ2v) is 8.72. The molecule has 1 fully saturated rings. The van der Waals surface area contributed by atoms with E-state index in [2.05, 4.69) is 18.7 Å². The second kappa shape index (κ2) is 6.55. The molecule has 0 aromatic heterocycles. The zero-order valence-electron chi connectivity index (χ0n) is 12.9. The smallest absolute Gasteiger partial charge is 0.148 e. The second-order valence-electron chi connectivity index (χ2n) is 6.46. The molecule has 0 aromatic rings. The van der Waals surface area contributed by atoms with Gasteiger partial charge in [-0.15, -0.1) is 0 Å². The van der Waals surface area contributed by atoms with Gasteiger partial charge in [0.15, 0.2) is 0 Å². The van der Waals surface area contributed by atoms with Crippen molar-refractivity contribution in [3.05, 3.63) is 0 Å². The molecule has 1 saturated carbocycles. The van der Waals surface area contributed by atoms with Gasteiger partial charge in [0.05, 0.1) is 5.75 Å². The number of nitrogens with zero attached hydrogens (tertiary/aromatic N) is 1. The molecule has 0 saturated heterocycles. The summed E-state index contributed by atoms with van der Waals surface area (Å²) in [4.78, 5) is 2.22. The highest BCUT2D eigenvalue weighted by Gasteiger charge is 2.43. The molecular formula is C14H30N2O2S. The van der Waals surface area contributed by atoms with E-state index in [1.54, 1.807) is 0 Å². The van der Waals surface area contributed by atoms with Gasteiger partial charge in [-0.3, -0.25) is 4.90 Å². The van der Waals surface area contributed by atoms with Crippen molar-refractivity contribution in [3.63, 3.8) is 0 Å². The number of nitrogens with two attached hydrogens (primary N) is 1. The van der Waals surface area contributed by atoms with Gasteiger partial charge >= 0.3 is 0 Å². The largest absolute Gasteiger partial charge is 0.329 e. The van der Waals surface area contributed by atoms with Gasteiger partial charge in [-0.25, -0.2) is 8.42 Å². The molecule has 1 aliphatic rings. The summed E-state index contributed by atoms with van der Waals surface area (Å²) < 4.78 is 22.7. The van der Waals surface area contributed by atoms with Crippen LogP contribution in [0.5, 0.6) is 0 Å². The van der Waals surface area contributed by atoms with E-state index in [-0.39, 0.29) is 11.3 Å². The maximum atomic E-state index is 11.4. The molecule has 1 aliphatic carbocycles. The molecule has 0 aliphatic heterocycles. The van der Waals surface area contributed by atoms with Crippen molar-refractivity contribution < 1.29 is 8.42 Å². The molecule has 0 spiro atoms. The van der Waals surface area contributed by atoms with Crippen LogP contribution in [0.1, 0.15) is 39.5 Å². The fourth-order valence-electron chi connectivity index (χ4n) is 3.61. The summed E-state index contributed by atoms with van der Waals surface area (Å²) in [6.07, 6.45) is 6.07. The molecule has 2 N–H and O–H groups in total. The van der Waals surface area contributed by atoms with Crippen LogP contribution in [0.2, 0.25) is 0 Å². The van der Waals surface area contributed by atoms with Gasteiger partial charge in [0.25, 0.3) is 0 Å². The number of likely N-dealkylation sites (N-methyl/N-ethyl adjacent to an activating group) is 1. The average molecular weight is 290 g/mol. The van der Waals surface area contributed by atoms with Crippen molar-refractivity contribution in [2.45, 2.75) is 45.1 Å². The fourth-order valence-corrected chi connectivity index (χ4v) is 4.22. The van der Waals surface area contributed by atoms with E-state index in [0.717, 1.165) is 6.42 Å². The first-order valence-electron chi connectivity index (χ1n) is 7.32. The first-order valence-corrected chi connectivity index (χ1v) is 9.38. The molecule has 0 radical (unpaired) electrons. The predicted octanol–water partition coefficient (Wildman–Crippen LogP) is 1.51. The van der Waals surface area contributed by atoms with E-state index < -0.39 is 9.84 Å². The molecule has 114 valence electrons. The standard InChI is InChI=1S/C14H30N2O2S/c1-12(2)13-7-5-6-8-14(13,11-15)16(3)9-10-19(4,17)18/h12-13H,5-11,15H2,1-4H3. The Kier molecular flexibility index (Phi) is 5.83. The number of sulfone groups is 1. The van der Waals surface area contributed by atoms with Gasteiger partial charge in [-0.2, -0.15) is 0 Å². The van der Waals surface area contributed by atoms with Crippen LogP contribution in [-0.2, 0) is 9.84 Å². The third-order valence-electron chi connectivity index (χ3n) is 4.78. The molecule has 0 heterocycles. The Labute approximate surface area is 118 Å². The predicted molar refractivity (Wildman–Crippen MR) is 80.9 cm³/mol. The van der Waals surface area contributed by atoms with Crippen LogP contribution in [-0.4, -0.2) is 51.0 Å². The Balaban J connectivity index is 2.86. The van der Waals surface area contributed by atoms with E-state index in [0.29, 0.717) is 24.9 Å². The zero-order valence-corrected chi connectivity index (χ0v) is 13.7. The van der Waals surface area contributed by atoms with Crippen molar-refractivity contribution in [1.82, 2.24) is 4.90 Å². The Morgan fingerprint density at radius 3 is 2.47 bits per heavy atom. The minimum atomic E-state index is -2.91. The minimum Gasteiger partial charge on any atom is -0.329 e. The van der Waals surface area contributed by atoms with Crippen molar-refractivity contribution in [2.24, 2.45) is 17.6 Å². The Hall–Kier alpha value is -0.130. The Morgan fingerprint density at radius 1 is 1.37 bits per heavy atom. The lowest BCUT2D eigenvalue weighted by Gasteiger charge is -2.51. The summed E-state index contributed by atoms with van der Waals surface area (Å²) >= 11 is 0. The molecule has 19 heavy (non-hydrogen) atoms. The van der Waals surface area contributed by atoms with E-state index in [1.165, 1.54) is 25.5 Å². The van der Waals surface area contributed by atoms with Gasteiger partial charge in [0, 0.05) is 24.9 Å². The summed E-state index contributed by atoms with van der Waals surface area (Å²) in [5, 5.41) is 0. The third kappa shape index (κ3) is 4.17. The lowest BCUT2D eigenvalue weighted by Crippen LogP contribution is -2.60. The highest BCUT2D eigenvalue weighted by Crippen LogP contribution is 2.41. The molecule has 4 nitrogen and oxygen atoms in total. The van der Waals surface area contributed by atoms with Crippen LogP contribution in [0.15, 0.2) is 0 Å². The van der Waals surface area contributed by atoms with E-state index in [1.807, 2.05) is 7.05 Å². The quantitative estimate of drug-likeness (QED) is 0.805. The number of rotatable bonds is 6. The molecule has 0 aromatic carbocycles. The van der Waals surface area contributed by atoms with Gasteiger partial charge < -0.3 is 5.73 Å². The topological polar surface area (TPSA) is 63.4 Å². The van der Waals surface area contributed by atoms with Crippen LogP contribution < -0.4 is 5.73 Å².